The molecule has 2 rings (SSSR count). The van der Waals surface area contributed by atoms with Crippen molar-refractivity contribution in [2.24, 2.45) is 0 Å². The number of nitrogens with zero attached hydrogens (tertiary/aromatic N) is 2. The van der Waals surface area contributed by atoms with Crippen LogP contribution in [-0.2, 0) is 4.74 Å². The fourth-order valence-electron chi connectivity index (χ4n) is 3.55. The molecule has 2 aliphatic heterocycles. The van der Waals surface area contributed by atoms with E-state index in [9.17, 15) is 8.78 Å². The van der Waals surface area contributed by atoms with Crippen LogP contribution in [0.1, 0.15) is 47.0 Å². The summed E-state index contributed by atoms with van der Waals surface area (Å²) >= 11 is 0. The normalized spacial score (nSPS) is 29.4. The summed E-state index contributed by atoms with van der Waals surface area (Å²) in [6.07, 6.45) is 2.78. The molecular weight excluding hydrogens is 274 g/mol. The minimum absolute atomic E-state index is 0.0994. The Kier molecular flexibility index (Phi) is 5.60. The molecule has 0 aromatic rings. The van der Waals surface area contributed by atoms with Crippen LogP contribution in [-0.4, -0.2) is 66.2 Å². The molecule has 2 heterocycles. The molecule has 0 saturated carbocycles. The second-order valence-electron chi connectivity index (χ2n) is 7.05. The van der Waals surface area contributed by atoms with E-state index in [0.717, 1.165) is 32.5 Å². The Morgan fingerprint density at radius 3 is 2.10 bits per heavy atom. The van der Waals surface area contributed by atoms with Gasteiger partial charge < -0.3 is 4.74 Å². The van der Waals surface area contributed by atoms with Gasteiger partial charge in [-0.15, -0.1) is 0 Å². The van der Waals surface area contributed by atoms with Crippen LogP contribution < -0.4 is 0 Å². The third kappa shape index (κ3) is 4.36. The van der Waals surface area contributed by atoms with Crippen LogP contribution in [0.25, 0.3) is 0 Å². The minimum Gasteiger partial charge on any atom is -0.375 e. The predicted molar refractivity (Wildman–Crippen MR) is 80.9 cm³/mol. The Morgan fingerprint density at radius 2 is 1.62 bits per heavy atom. The van der Waals surface area contributed by atoms with Gasteiger partial charge in [-0.2, -0.15) is 0 Å². The lowest BCUT2D eigenvalue weighted by Gasteiger charge is -2.46. The third-order valence-corrected chi connectivity index (χ3v) is 4.70. The van der Waals surface area contributed by atoms with E-state index in [1.54, 1.807) is 0 Å². The molecule has 21 heavy (non-hydrogen) atoms. The van der Waals surface area contributed by atoms with Crippen LogP contribution in [0.15, 0.2) is 0 Å². The number of rotatable bonds is 4. The molecule has 0 radical (unpaired) electrons. The van der Waals surface area contributed by atoms with Crippen molar-refractivity contribution >= 4 is 0 Å². The van der Waals surface area contributed by atoms with Crippen molar-refractivity contribution < 1.29 is 13.5 Å². The Bertz CT molecular complexity index is 328. The zero-order valence-corrected chi connectivity index (χ0v) is 13.8. The second kappa shape index (κ2) is 6.88. The fourth-order valence-corrected chi connectivity index (χ4v) is 3.55. The Balaban J connectivity index is 1.88. The molecule has 2 saturated heterocycles. The van der Waals surface area contributed by atoms with Crippen molar-refractivity contribution in [1.82, 2.24) is 9.80 Å². The molecule has 0 aromatic carbocycles. The van der Waals surface area contributed by atoms with Gasteiger partial charge in [-0.25, -0.2) is 8.78 Å². The molecule has 1 atom stereocenters. The molecule has 0 bridgehead atoms. The van der Waals surface area contributed by atoms with E-state index in [2.05, 4.69) is 0 Å². The van der Waals surface area contributed by atoms with Crippen molar-refractivity contribution in [3.63, 3.8) is 0 Å². The van der Waals surface area contributed by atoms with Crippen molar-refractivity contribution in [1.29, 1.82) is 0 Å². The van der Waals surface area contributed by atoms with Gasteiger partial charge in [-0.1, -0.05) is 0 Å². The van der Waals surface area contributed by atoms with E-state index >= 15 is 0 Å². The summed E-state index contributed by atoms with van der Waals surface area (Å²) in [6.45, 7) is 10.2. The summed E-state index contributed by atoms with van der Waals surface area (Å²) in [5.74, 6) is -2.60. The number of likely N-dealkylation sites (tertiary alicyclic amines) is 2. The van der Waals surface area contributed by atoms with Gasteiger partial charge in [0.15, 0.2) is 0 Å². The number of hydrogen-bond acceptors (Lipinski definition) is 3. The smallest absolute Gasteiger partial charge is 0.275 e. The van der Waals surface area contributed by atoms with Crippen molar-refractivity contribution in [2.75, 3.05) is 26.2 Å². The van der Waals surface area contributed by atoms with Crippen LogP contribution in [0, 0.1) is 0 Å². The van der Waals surface area contributed by atoms with Gasteiger partial charge in [0.25, 0.3) is 5.92 Å². The zero-order valence-electron chi connectivity index (χ0n) is 13.8. The fraction of sp³-hybridized carbons (Fsp3) is 1.00. The summed E-state index contributed by atoms with van der Waals surface area (Å²) in [4.78, 5) is 3.89. The summed E-state index contributed by atoms with van der Waals surface area (Å²) < 4.78 is 34.7. The van der Waals surface area contributed by atoms with E-state index in [4.69, 9.17) is 4.74 Å². The average molecular weight is 304 g/mol. The van der Waals surface area contributed by atoms with Gasteiger partial charge in [0.05, 0.1) is 24.8 Å². The topological polar surface area (TPSA) is 15.7 Å². The number of alkyl halides is 2. The number of halogens is 2. The van der Waals surface area contributed by atoms with E-state index in [0.29, 0.717) is 6.42 Å². The first-order valence-corrected chi connectivity index (χ1v) is 8.31. The predicted octanol–water partition coefficient (Wildman–Crippen LogP) is 2.99. The maximum Gasteiger partial charge on any atom is 0.275 e. The van der Waals surface area contributed by atoms with Crippen molar-refractivity contribution in [2.45, 2.75) is 77.2 Å². The molecule has 2 fully saturated rings. The van der Waals surface area contributed by atoms with Crippen LogP contribution in [0.3, 0.4) is 0 Å². The van der Waals surface area contributed by atoms with Crippen LogP contribution >= 0.6 is 0 Å². The molecule has 0 spiro atoms. The average Bonchev–Trinajstić information content (AvgIpc) is 2.38. The van der Waals surface area contributed by atoms with Crippen molar-refractivity contribution in [3.8, 4) is 0 Å². The molecule has 1 unspecified atom stereocenters. The third-order valence-electron chi connectivity index (χ3n) is 4.70. The first-order chi connectivity index (χ1) is 9.79. The van der Waals surface area contributed by atoms with E-state index < -0.39 is 12.0 Å². The lowest BCUT2D eigenvalue weighted by atomic mass is 9.95. The first-order valence-electron chi connectivity index (χ1n) is 8.31. The van der Waals surface area contributed by atoms with Gasteiger partial charge in [0.1, 0.15) is 0 Å². The zero-order chi connectivity index (χ0) is 15.6. The highest BCUT2D eigenvalue weighted by atomic mass is 19.3. The summed E-state index contributed by atoms with van der Waals surface area (Å²) in [5.41, 5.74) is 0. The summed E-state index contributed by atoms with van der Waals surface area (Å²) in [6, 6.07) is -0.394. The van der Waals surface area contributed by atoms with Gasteiger partial charge >= 0.3 is 0 Å². The van der Waals surface area contributed by atoms with Crippen LogP contribution in [0.4, 0.5) is 8.78 Å². The SMILES string of the molecule is CC(C)OC1CCN(C2CCN(C(C)C)CC2(F)F)CC1. The highest BCUT2D eigenvalue weighted by Gasteiger charge is 2.48. The van der Waals surface area contributed by atoms with Gasteiger partial charge in [-0.05, 0) is 47.0 Å². The molecule has 0 amide bonds. The maximum absolute atomic E-state index is 14.5. The number of ether oxygens (including phenoxy) is 1. The monoisotopic (exact) mass is 304 g/mol. The molecule has 124 valence electrons. The first kappa shape index (κ1) is 17.1. The van der Waals surface area contributed by atoms with Crippen LogP contribution in [0.5, 0.6) is 0 Å². The summed E-state index contributed by atoms with van der Waals surface area (Å²) in [5, 5.41) is 0. The van der Waals surface area contributed by atoms with Gasteiger partial charge in [-0.3, -0.25) is 9.80 Å². The van der Waals surface area contributed by atoms with Gasteiger partial charge in [0.2, 0.25) is 0 Å². The quantitative estimate of drug-likeness (QED) is 0.794. The number of piperidine rings is 2. The van der Waals surface area contributed by atoms with E-state index in [1.165, 1.54) is 0 Å². The van der Waals surface area contributed by atoms with Crippen LogP contribution in [0.2, 0.25) is 0 Å². The molecule has 5 heteroatoms. The Hall–Kier alpha value is -0.260. The van der Waals surface area contributed by atoms with Crippen molar-refractivity contribution in [3.05, 3.63) is 0 Å². The molecule has 0 aliphatic carbocycles. The lowest BCUT2D eigenvalue weighted by molar-refractivity contribution is -0.143. The molecular formula is C16H30F2N2O. The Labute approximate surface area is 127 Å². The van der Waals surface area contributed by atoms with Gasteiger partial charge in [0, 0.05) is 25.7 Å². The maximum atomic E-state index is 14.5. The standard InChI is InChI=1S/C16H30F2N2O/c1-12(2)20-10-7-15(16(17,18)11-20)19-8-5-14(6-9-19)21-13(3)4/h12-15H,5-11H2,1-4H3. The molecule has 3 nitrogen and oxygen atoms in total. The Morgan fingerprint density at radius 1 is 1.00 bits per heavy atom. The highest BCUT2D eigenvalue weighted by molar-refractivity contribution is 4.95. The molecule has 0 aromatic heterocycles. The highest BCUT2D eigenvalue weighted by Crippen LogP contribution is 2.33. The van der Waals surface area contributed by atoms with E-state index in [-0.39, 0.29) is 24.8 Å². The minimum atomic E-state index is -2.60. The second-order valence-corrected chi connectivity index (χ2v) is 7.05. The lowest BCUT2D eigenvalue weighted by Crippen LogP contribution is -2.60. The van der Waals surface area contributed by atoms with E-state index in [1.807, 2.05) is 37.5 Å². The number of hydrogen-bond donors (Lipinski definition) is 0. The summed E-state index contributed by atoms with van der Waals surface area (Å²) in [7, 11) is 0. The largest absolute Gasteiger partial charge is 0.375 e. The molecule has 2 aliphatic rings. The molecule has 0 N–H and O–H groups in total.